The maximum Gasteiger partial charge on any atom is 0.259 e. The summed E-state index contributed by atoms with van der Waals surface area (Å²) in [6.07, 6.45) is 3.30. The number of aliphatic hydroxyl groups is 1. The van der Waals surface area contributed by atoms with Gasteiger partial charge >= 0.3 is 0 Å². The lowest BCUT2D eigenvalue weighted by molar-refractivity contribution is 0.0442. The van der Waals surface area contributed by atoms with Crippen LogP contribution in [-0.4, -0.2) is 38.1 Å². The van der Waals surface area contributed by atoms with Gasteiger partial charge in [0.15, 0.2) is 4.96 Å². The van der Waals surface area contributed by atoms with Gasteiger partial charge in [0.1, 0.15) is 0 Å². The van der Waals surface area contributed by atoms with Crippen molar-refractivity contribution in [3.05, 3.63) is 33.2 Å². The molecule has 0 aromatic carbocycles. The molecule has 1 N–H and O–H groups in total. The molecule has 1 aliphatic heterocycles. The summed E-state index contributed by atoms with van der Waals surface area (Å²) >= 11 is 1.50. The van der Waals surface area contributed by atoms with Gasteiger partial charge < -0.3 is 5.11 Å². The van der Waals surface area contributed by atoms with Crippen molar-refractivity contribution < 1.29 is 5.11 Å². The van der Waals surface area contributed by atoms with Gasteiger partial charge in [0, 0.05) is 35.8 Å². The average Bonchev–Trinajstić information content (AvgIpc) is 2.83. The van der Waals surface area contributed by atoms with Crippen LogP contribution in [0.15, 0.2) is 16.2 Å². The molecule has 0 bridgehead atoms. The number of piperidine rings is 1. The molecule has 2 unspecified atom stereocenters. The van der Waals surface area contributed by atoms with Gasteiger partial charge in [-0.15, -0.1) is 11.3 Å². The Kier molecular flexibility index (Phi) is 4.10. The van der Waals surface area contributed by atoms with Crippen LogP contribution in [0.25, 0.3) is 4.96 Å². The Hall–Kier alpha value is -1.24. The van der Waals surface area contributed by atoms with Gasteiger partial charge in [-0.2, -0.15) is 0 Å². The Morgan fingerprint density at radius 1 is 1.48 bits per heavy atom. The molecule has 21 heavy (non-hydrogen) atoms. The summed E-state index contributed by atoms with van der Waals surface area (Å²) in [7, 11) is 0. The zero-order valence-corrected chi connectivity index (χ0v) is 13.3. The highest BCUT2D eigenvalue weighted by Gasteiger charge is 2.27. The fourth-order valence-electron chi connectivity index (χ4n) is 3.19. The van der Waals surface area contributed by atoms with E-state index in [1.807, 2.05) is 12.3 Å². The van der Waals surface area contributed by atoms with Crippen molar-refractivity contribution in [1.82, 2.24) is 14.3 Å². The Labute approximate surface area is 127 Å². The molecule has 2 aromatic heterocycles. The van der Waals surface area contributed by atoms with Crippen LogP contribution in [0, 0.1) is 6.92 Å². The SMILES string of the molecule is Cc1csc2nc(CN3C(C)CCCC3CO)cc(=O)n12. The van der Waals surface area contributed by atoms with E-state index in [1.54, 1.807) is 10.5 Å². The third-order valence-corrected chi connectivity index (χ3v) is 5.32. The number of hydrogen-bond donors (Lipinski definition) is 1. The minimum atomic E-state index is -0.0149. The molecule has 1 saturated heterocycles. The molecule has 0 amide bonds. The summed E-state index contributed by atoms with van der Waals surface area (Å²) in [6.45, 7) is 4.90. The van der Waals surface area contributed by atoms with Crippen LogP contribution >= 0.6 is 11.3 Å². The minimum Gasteiger partial charge on any atom is -0.395 e. The minimum absolute atomic E-state index is 0.0149. The second-order valence-corrected chi connectivity index (χ2v) is 6.71. The van der Waals surface area contributed by atoms with Gasteiger partial charge in [-0.1, -0.05) is 6.42 Å². The van der Waals surface area contributed by atoms with Crippen molar-refractivity contribution in [2.24, 2.45) is 0 Å². The highest BCUT2D eigenvalue weighted by molar-refractivity contribution is 7.15. The summed E-state index contributed by atoms with van der Waals surface area (Å²) in [5.41, 5.74) is 1.71. The van der Waals surface area contributed by atoms with Crippen molar-refractivity contribution in [3.63, 3.8) is 0 Å². The van der Waals surface area contributed by atoms with Crippen LogP contribution in [0.5, 0.6) is 0 Å². The van der Waals surface area contributed by atoms with E-state index in [0.717, 1.165) is 35.6 Å². The molecule has 1 fully saturated rings. The van der Waals surface area contributed by atoms with Crippen LogP contribution < -0.4 is 5.56 Å². The quantitative estimate of drug-likeness (QED) is 0.939. The number of thiazole rings is 1. The highest BCUT2D eigenvalue weighted by atomic mass is 32.1. The van der Waals surface area contributed by atoms with Gasteiger partial charge in [-0.25, -0.2) is 4.98 Å². The summed E-state index contributed by atoms with van der Waals surface area (Å²) in [4.78, 5) is 19.9. The largest absolute Gasteiger partial charge is 0.395 e. The Balaban J connectivity index is 1.91. The van der Waals surface area contributed by atoms with Crippen molar-refractivity contribution in [3.8, 4) is 0 Å². The molecule has 2 aromatic rings. The first-order valence-corrected chi connectivity index (χ1v) is 8.31. The van der Waals surface area contributed by atoms with Crippen LogP contribution in [0.4, 0.5) is 0 Å². The number of aliphatic hydroxyl groups excluding tert-OH is 1. The van der Waals surface area contributed by atoms with E-state index in [2.05, 4.69) is 16.8 Å². The van der Waals surface area contributed by atoms with E-state index in [-0.39, 0.29) is 18.2 Å². The van der Waals surface area contributed by atoms with Gasteiger partial charge in [0.2, 0.25) is 0 Å². The Morgan fingerprint density at radius 2 is 2.29 bits per heavy atom. The number of hydrogen-bond acceptors (Lipinski definition) is 5. The molecule has 3 heterocycles. The molecule has 5 nitrogen and oxygen atoms in total. The molecule has 1 aliphatic rings. The number of aromatic nitrogens is 2. The Morgan fingerprint density at radius 3 is 3.05 bits per heavy atom. The second kappa shape index (κ2) is 5.87. The maximum absolute atomic E-state index is 12.2. The van der Waals surface area contributed by atoms with Gasteiger partial charge in [-0.05, 0) is 26.7 Å². The van der Waals surface area contributed by atoms with Crippen molar-refractivity contribution in [1.29, 1.82) is 0 Å². The number of likely N-dealkylation sites (tertiary alicyclic amines) is 1. The van der Waals surface area contributed by atoms with Crippen LogP contribution in [0.2, 0.25) is 0 Å². The average molecular weight is 307 g/mol. The number of nitrogens with zero attached hydrogens (tertiary/aromatic N) is 3. The lowest BCUT2D eigenvalue weighted by Crippen LogP contribution is -2.46. The molecule has 3 rings (SSSR count). The van der Waals surface area contributed by atoms with E-state index in [0.29, 0.717) is 12.6 Å². The number of rotatable bonds is 3. The van der Waals surface area contributed by atoms with Gasteiger partial charge in [0.05, 0.1) is 12.3 Å². The summed E-state index contributed by atoms with van der Waals surface area (Å²) < 4.78 is 1.65. The molecule has 0 saturated carbocycles. The highest BCUT2D eigenvalue weighted by Crippen LogP contribution is 2.24. The van der Waals surface area contributed by atoms with Crippen LogP contribution in [0.3, 0.4) is 0 Å². The first-order chi connectivity index (χ1) is 10.1. The smallest absolute Gasteiger partial charge is 0.259 e. The predicted molar refractivity (Wildman–Crippen MR) is 83.8 cm³/mol. The summed E-state index contributed by atoms with van der Waals surface area (Å²) in [6, 6.07) is 2.22. The predicted octanol–water partition coefficient (Wildman–Crippen LogP) is 1.80. The summed E-state index contributed by atoms with van der Waals surface area (Å²) in [5, 5.41) is 11.5. The molecule has 114 valence electrons. The fraction of sp³-hybridized carbons (Fsp3) is 0.600. The lowest BCUT2D eigenvalue weighted by Gasteiger charge is -2.39. The standard InChI is InChI=1S/C15H21N3O2S/c1-10-4-3-5-13(8-19)17(10)7-12-6-14(20)18-11(2)9-21-15(18)16-12/h6,9-10,13,19H,3-5,7-8H2,1-2H3. The molecule has 6 heteroatoms. The molecule has 2 atom stereocenters. The molecule has 0 radical (unpaired) electrons. The normalized spacial score (nSPS) is 23.8. The molecular formula is C15H21N3O2S. The monoisotopic (exact) mass is 307 g/mol. The zero-order chi connectivity index (χ0) is 15.0. The van der Waals surface area contributed by atoms with Gasteiger partial charge in [0.25, 0.3) is 5.56 Å². The van der Waals surface area contributed by atoms with Gasteiger partial charge in [-0.3, -0.25) is 14.1 Å². The lowest BCUT2D eigenvalue weighted by atomic mass is 9.96. The Bertz CT molecular complexity index is 694. The van der Waals surface area contributed by atoms with E-state index in [9.17, 15) is 9.90 Å². The fourth-order valence-corrected chi connectivity index (χ4v) is 4.08. The third-order valence-electron chi connectivity index (χ3n) is 4.38. The van der Waals surface area contributed by atoms with E-state index in [1.165, 1.54) is 11.3 Å². The van der Waals surface area contributed by atoms with E-state index < -0.39 is 0 Å². The number of aryl methyl sites for hydroxylation is 1. The number of fused-ring (bicyclic) bond motifs is 1. The first-order valence-electron chi connectivity index (χ1n) is 7.43. The van der Waals surface area contributed by atoms with Crippen molar-refractivity contribution >= 4 is 16.3 Å². The first kappa shape index (κ1) is 14.7. The summed E-state index contributed by atoms with van der Waals surface area (Å²) in [5.74, 6) is 0. The van der Waals surface area contributed by atoms with Crippen molar-refractivity contribution in [2.45, 2.75) is 51.7 Å². The maximum atomic E-state index is 12.2. The zero-order valence-electron chi connectivity index (χ0n) is 12.5. The van der Waals surface area contributed by atoms with E-state index >= 15 is 0 Å². The van der Waals surface area contributed by atoms with Crippen molar-refractivity contribution in [2.75, 3.05) is 6.61 Å². The molecule has 0 spiro atoms. The van der Waals surface area contributed by atoms with E-state index in [4.69, 9.17) is 0 Å². The van der Waals surface area contributed by atoms with Crippen LogP contribution in [0.1, 0.15) is 37.6 Å². The topological polar surface area (TPSA) is 57.8 Å². The van der Waals surface area contributed by atoms with Crippen LogP contribution in [-0.2, 0) is 6.54 Å². The second-order valence-electron chi connectivity index (χ2n) is 5.87. The molecular weight excluding hydrogens is 286 g/mol. The molecule has 0 aliphatic carbocycles. The third kappa shape index (κ3) is 2.75.